The maximum Gasteiger partial charge on any atom is 0.0216 e. The van der Waals surface area contributed by atoms with Crippen LogP contribution in [0.4, 0.5) is 0 Å². The van der Waals surface area contributed by atoms with E-state index in [4.69, 9.17) is 0 Å². The average molecular weight is 209 g/mol. The fraction of sp³-hybridized carbons (Fsp3) is 0.667. The van der Waals surface area contributed by atoms with Crippen LogP contribution in [0.1, 0.15) is 38.2 Å². The summed E-state index contributed by atoms with van der Waals surface area (Å²) in [4.78, 5) is 0. The molecule has 78 valence electrons. The molecule has 1 aliphatic rings. The molecule has 0 bridgehead atoms. The third kappa shape index (κ3) is 2.58. The van der Waals surface area contributed by atoms with Crippen molar-refractivity contribution in [3.8, 4) is 0 Å². The Balaban J connectivity index is 1.79. The Morgan fingerprint density at radius 1 is 1.43 bits per heavy atom. The molecule has 0 spiro atoms. The summed E-state index contributed by atoms with van der Waals surface area (Å²) in [7, 11) is 0. The molecule has 0 amide bonds. The lowest BCUT2D eigenvalue weighted by Gasteiger charge is -2.29. The van der Waals surface area contributed by atoms with Crippen LogP contribution < -0.4 is 5.32 Å². The SMILES string of the molecule is CC1CCCCC1NCc1ccsc1. The predicted molar refractivity (Wildman–Crippen MR) is 62.6 cm³/mol. The van der Waals surface area contributed by atoms with Gasteiger partial charge in [0.2, 0.25) is 0 Å². The van der Waals surface area contributed by atoms with Gasteiger partial charge in [-0.3, -0.25) is 0 Å². The Morgan fingerprint density at radius 2 is 2.29 bits per heavy atom. The lowest BCUT2D eigenvalue weighted by atomic mass is 9.86. The first-order chi connectivity index (χ1) is 6.86. The molecule has 1 aromatic rings. The molecule has 2 rings (SSSR count). The van der Waals surface area contributed by atoms with E-state index >= 15 is 0 Å². The van der Waals surface area contributed by atoms with Crippen LogP contribution in [0.3, 0.4) is 0 Å². The van der Waals surface area contributed by atoms with Crippen LogP contribution in [0.2, 0.25) is 0 Å². The van der Waals surface area contributed by atoms with Crippen LogP contribution in [0.25, 0.3) is 0 Å². The molecule has 2 atom stereocenters. The first kappa shape index (κ1) is 10.2. The monoisotopic (exact) mass is 209 g/mol. The van der Waals surface area contributed by atoms with Gasteiger partial charge in [0.15, 0.2) is 0 Å². The molecule has 1 aliphatic carbocycles. The van der Waals surface area contributed by atoms with Crippen LogP contribution in [-0.2, 0) is 6.54 Å². The van der Waals surface area contributed by atoms with Gasteiger partial charge in [-0.2, -0.15) is 11.3 Å². The standard InChI is InChI=1S/C12H19NS/c1-10-4-2-3-5-12(10)13-8-11-6-7-14-9-11/h6-7,9-10,12-13H,2-5,8H2,1H3. The number of nitrogens with one attached hydrogen (secondary N) is 1. The van der Waals surface area contributed by atoms with Gasteiger partial charge in [0, 0.05) is 12.6 Å². The van der Waals surface area contributed by atoms with Crippen molar-refractivity contribution in [1.29, 1.82) is 0 Å². The van der Waals surface area contributed by atoms with Gasteiger partial charge in [0.25, 0.3) is 0 Å². The fourth-order valence-electron chi connectivity index (χ4n) is 2.26. The highest BCUT2D eigenvalue weighted by molar-refractivity contribution is 7.07. The van der Waals surface area contributed by atoms with Crippen LogP contribution in [0, 0.1) is 5.92 Å². The van der Waals surface area contributed by atoms with Gasteiger partial charge in [0.05, 0.1) is 0 Å². The molecule has 2 heteroatoms. The van der Waals surface area contributed by atoms with Crippen molar-refractivity contribution >= 4 is 11.3 Å². The van der Waals surface area contributed by atoms with Crippen molar-refractivity contribution in [2.24, 2.45) is 5.92 Å². The second-order valence-electron chi connectivity index (χ2n) is 4.38. The van der Waals surface area contributed by atoms with E-state index < -0.39 is 0 Å². The van der Waals surface area contributed by atoms with Crippen molar-refractivity contribution in [2.75, 3.05) is 0 Å². The summed E-state index contributed by atoms with van der Waals surface area (Å²) < 4.78 is 0. The number of hydrogen-bond donors (Lipinski definition) is 1. The molecule has 0 aliphatic heterocycles. The summed E-state index contributed by atoms with van der Waals surface area (Å²) in [6, 6.07) is 2.97. The number of hydrogen-bond acceptors (Lipinski definition) is 2. The van der Waals surface area contributed by atoms with Crippen molar-refractivity contribution in [1.82, 2.24) is 5.32 Å². The van der Waals surface area contributed by atoms with E-state index in [0.29, 0.717) is 0 Å². The lowest BCUT2D eigenvalue weighted by molar-refractivity contribution is 0.279. The Morgan fingerprint density at radius 3 is 3.00 bits per heavy atom. The normalized spacial score (nSPS) is 27.8. The predicted octanol–water partition coefficient (Wildman–Crippen LogP) is 3.42. The van der Waals surface area contributed by atoms with Crippen molar-refractivity contribution in [3.05, 3.63) is 22.4 Å². The second kappa shape index (κ2) is 4.94. The van der Waals surface area contributed by atoms with Crippen LogP contribution in [-0.4, -0.2) is 6.04 Å². The van der Waals surface area contributed by atoms with Gasteiger partial charge in [-0.05, 0) is 41.1 Å². The Kier molecular flexibility index (Phi) is 3.60. The Hall–Kier alpha value is -0.340. The minimum atomic E-state index is 0.753. The summed E-state index contributed by atoms with van der Waals surface area (Å²) in [5, 5.41) is 8.07. The zero-order valence-electron chi connectivity index (χ0n) is 8.83. The molecular weight excluding hydrogens is 190 g/mol. The zero-order valence-corrected chi connectivity index (χ0v) is 9.65. The Bertz CT molecular complexity index is 255. The second-order valence-corrected chi connectivity index (χ2v) is 5.16. The molecule has 1 saturated carbocycles. The van der Waals surface area contributed by atoms with Crippen LogP contribution in [0.5, 0.6) is 0 Å². The van der Waals surface area contributed by atoms with Crippen molar-refractivity contribution in [2.45, 2.75) is 45.2 Å². The summed E-state index contributed by atoms with van der Waals surface area (Å²) in [6.07, 6.45) is 5.61. The minimum Gasteiger partial charge on any atom is -0.310 e. The maximum absolute atomic E-state index is 3.68. The van der Waals surface area contributed by atoms with Gasteiger partial charge in [-0.1, -0.05) is 19.8 Å². The molecule has 1 aromatic heterocycles. The average Bonchev–Trinajstić information content (AvgIpc) is 2.69. The van der Waals surface area contributed by atoms with Gasteiger partial charge < -0.3 is 5.32 Å². The third-order valence-electron chi connectivity index (χ3n) is 3.26. The van der Waals surface area contributed by atoms with Gasteiger partial charge in [-0.15, -0.1) is 0 Å². The van der Waals surface area contributed by atoms with E-state index in [2.05, 4.69) is 29.1 Å². The molecule has 0 saturated heterocycles. The first-order valence-electron chi connectivity index (χ1n) is 5.61. The van der Waals surface area contributed by atoms with Crippen LogP contribution in [0.15, 0.2) is 16.8 Å². The third-order valence-corrected chi connectivity index (χ3v) is 3.99. The first-order valence-corrected chi connectivity index (χ1v) is 6.55. The summed E-state index contributed by atoms with van der Waals surface area (Å²) in [5.74, 6) is 0.863. The number of thiophene rings is 1. The number of rotatable bonds is 3. The highest BCUT2D eigenvalue weighted by atomic mass is 32.1. The summed E-state index contributed by atoms with van der Waals surface area (Å²) in [6.45, 7) is 3.43. The molecular formula is C12H19NS. The van der Waals surface area contributed by atoms with Gasteiger partial charge in [-0.25, -0.2) is 0 Å². The highest BCUT2D eigenvalue weighted by Crippen LogP contribution is 2.24. The quantitative estimate of drug-likeness (QED) is 0.804. The summed E-state index contributed by atoms with van der Waals surface area (Å²) in [5.41, 5.74) is 1.44. The largest absolute Gasteiger partial charge is 0.310 e. The van der Waals surface area contributed by atoms with E-state index in [1.807, 2.05) is 0 Å². The van der Waals surface area contributed by atoms with Crippen molar-refractivity contribution in [3.63, 3.8) is 0 Å². The Labute approximate surface area is 90.5 Å². The van der Waals surface area contributed by atoms with Gasteiger partial charge >= 0.3 is 0 Å². The molecule has 0 aromatic carbocycles. The molecule has 2 unspecified atom stereocenters. The molecule has 1 heterocycles. The minimum absolute atomic E-state index is 0.753. The van der Waals surface area contributed by atoms with Gasteiger partial charge in [0.1, 0.15) is 0 Å². The zero-order chi connectivity index (χ0) is 9.80. The van der Waals surface area contributed by atoms with E-state index in [0.717, 1.165) is 18.5 Å². The molecule has 14 heavy (non-hydrogen) atoms. The molecule has 1 nitrogen and oxygen atoms in total. The van der Waals surface area contributed by atoms with Crippen molar-refractivity contribution < 1.29 is 0 Å². The van der Waals surface area contributed by atoms with E-state index in [-0.39, 0.29) is 0 Å². The lowest BCUT2D eigenvalue weighted by Crippen LogP contribution is -2.36. The smallest absolute Gasteiger partial charge is 0.0216 e. The van der Waals surface area contributed by atoms with E-state index in [1.54, 1.807) is 11.3 Å². The molecule has 0 radical (unpaired) electrons. The fourth-order valence-corrected chi connectivity index (χ4v) is 2.93. The molecule has 1 fully saturated rings. The summed E-state index contributed by atoms with van der Waals surface area (Å²) >= 11 is 1.79. The molecule has 1 N–H and O–H groups in total. The van der Waals surface area contributed by atoms with E-state index in [1.165, 1.54) is 31.2 Å². The highest BCUT2D eigenvalue weighted by Gasteiger charge is 2.20. The van der Waals surface area contributed by atoms with E-state index in [9.17, 15) is 0 Å². The van der Waals surface area contributed by atoms with Crippen LogP contribution >= 0.6 is 11.3 Å². The topological polar surface area (TPSA) is 12.0 Å². The maximum atomic E-state index is 3.68.